The Bertz CT molecular complexity index is 523. The lowest BCUT2D eigenvalue weighted by atomic mass is 10.2. The van der Waals surface area contributed by atoms with Crippen LogP contribution in [0.1, 0.15) is 5.76 Å². The van der Waals surface area contributed by atoms with Crippen LogP contribution in [0.4, 0.5) is 5.69 Å². The average molecular weight is 188 g/mol. The van der Waals surface area contributed by atoms with Crippen LogP contribution >= 0.6 is 0 Å². The maximum absolute atomic E-state index is 8.64. The number of rotatable bonds is 1. The van der Waals surface area contributed by atoms with Gasteiger partial charge >= 0.3 is 0 Å². The number of nitrogens with zero attached hydrogens (tertiary/aromatic N) is 1. The van der Waals surface area contributed by atoms with Crippen LogP contribution in [0.25, 0.3) is 11.0 Å². The highest BCUT2D eigenvalue weighted by Crippen LogP contribution is 2.29. The predicted molar refractivity (Wildman–Crippen MR) is 51.9 cm³/mol. The van der Waals surface area contributed by atoms with E-state index in [0.29, 0.717) is 17.0 Å². The van der Waals surface area contributed by atoms with Crippen molar-refractivity contribution in [2.24, 2.45) is 0 Å². The molecule has 1 aromatic heterocycles. The summed E-state index contributed by atoms with van der Waals surface area (Å²) in [6.45, 7) is 0. The van der Waals surface area contributed by atoms with Crippen LogP contribution in [0.2, 0.25) is 0 Å². The minimum absolute atomic E-state index is 0.250. The summed E-state index contributed by atoms with van der Waals surface area (Å²) in [7, 11) is 1.56. The molecule has 4 nitrogen and oxygen atoms in total. The fourth-order valence-electron chi connectivity index (χ4n) is 1.32. The first kappa shape index (κ1) is 8.45. The minimum atomic E-state index is 0.250. The lowest BCUT2D eigenvalue weighted by Gasteiger charge is -2.00. The van der Waals surface area contributed by atoms with Crippen molar-refractivity contribution in [3.05, 3.63) is 24.0 Å². The van der Waals surface area contributed by atoms with Gasteiger partial charge in [0.2, 0.25) is 5.76 Å². The number of nitrogens with two attached hydrogens (primary N) is 1. The summed E-state index contributed by atoms with van der Waals surface area (Å²) in [6.07, 6.45) is 0. The summed E-state index contributed by atoms with van der Waals surface area (Å²) < 4.78 is 10.2. The molecule has 0 spiro atoms. The summed E-state index contributed by atoms with van der Waals surface area (Å²) in [5, 5.41) is 9.42. The van der Waals surface area contributed by atoms with Gasteiger partial charge in [0.1, 0.15) is 11.8 Å². The molecule has 0 fully saturated rings. The topological polar surface area (TPSA) is 72.2 Å². The number of benzene rings is 1. The van der Waals surface area contributed by atoms with E-state index in [1.807, 2.05) is 6.07 Å². The van der Waals surface area contributed by atoms with Gasteiger partial charge in [0.25, 0.3) is 0 Å². The summed E-state index contributed by atoms with van der Waals surface area (Å²) in [4.78, 5) is 0. The lowest BCUT2D eigenvalue weighted by molar-refractivity contribution is 0.415. The van der Waals surface area contributed by atoms with Gasteiger partial charge in [-0.2, -0.15) is 5.26 Å². The SMILES string of the molecule is COc1cc(N)c2oc(C#N)cc2c1. The number of nitrogen functional groups attached to an aromatic ring is 1. The lowest BCUT2D eigenvalue weighted by Crippen LogP contribution is -1.88. The third kappa shape index (κ3) is 1.15. The molecule has 0 amide bonds. The quantitative estimate of drug-likeness (QED) is 0.693. The zero-order chi connectivity index (χ0) is 10.1. The minimum Gasteiger partial charge on any atom is -0.497 e. The van der Waals surface area contributed by atoms with E-state index in [1.165, 1.54) is 0 Å². The van der Waals surface area contributed by atoms with Crippen molar-refractivity contribution in [3.8, 4) is 11.8 Å². The van der Waals surface area contributed by atoms with Crippen LogP contribution in [0.3, 0.4) is 0 Å². The van der Waals surface area contributed by atoms with E-state index in [0.717, 1.165) is 5.39 Å². The van der Waals surface area contributed by atoms with Crippen molar-refractivity contribution in [2.75, 3.05) is 12.8 Å². The van der Waals surface area contributed by atoms with E-state index < -0.39 is 0 Å². The summed E-state index contributed by atoms with van der Waals surface area (Å²) in [5.74, 6) is 0.903. The zero-order valence-electron chi connectivity index (χ0n) is 7.57. The highest BCUT2D eigenvalue weighted by Gasteiger charge is 2.08. The molecule has 1 aromatic carbocycles. The van der Waals surface area contributed by atoms with Gasteiger partial charge in [-0.05, 0) is 6.07 Å². The van der Waals surface area contributed by atoms with Crippen LogP contribution in [0.15, 0.2) is 22.6 Å². The Morgan fingerprint density at radius 1 is 1.43 bits per heavy atom. The Hall–Kier alpha value is -2.15. The molecule has 4 heteroatoms. The molecule has 0 radical (unpaired) electrons. The highest BCUT2D eigenvalue weighted by molar-refractivity contribution is 5.90. The largest absolute Gasteiger partial charge is 0.497 e. The van der Waals surface area contributed by atoms with E-state index >= 15 is 0 Å². The molecule has 0 bridgehead atoms. The third-order valence-electron chi connectivity index (χ3n) is 1.96. The Morgan fingerprint density at radius 3 is 2.86 bits per heavy atom. The molecule has 14 heavy (non-hydrogen) atoms. The van der Waals surface area contributed by atoms with Crippen molar-refractivity contribution in [1.82, 2.24) is 0 Å². The number of hydrogen-bond acceptors (Lipinski definition) is 4. The van der Waals surface area contributed by atoms with E-state index in [-0.39, 0.29) is 5.76 Å². The molecule has 0 aliphatic heterocycles. The van der Waals surface area contributed by atoms with Crippen LogP contribution in [-0.4, -0.2) is 7.11 Å². The second-order valence-corrected chi connectivity index (χ2v) is 2.86. The molecule has 0 atom stereocenters. The smallest absolute Gasteiger partial charge is 0.204 e. The van der Waals surface area contributed by atoms with Gasteiger partial charge in [0.15, 0.2) is 5.58 Å². The Balaban J connectivity index is 2.75. The normalized spacial score (nSPS) is 10.0. The number of nitriles is 1. The van der Waals surface area contributed by atoms with Crippen molar-refractivity contribution < 1.29 is 9.15 Å². The van der Waals surface area contributed by atoms with Crippen molar-refractivity contribution in [1.29, 1.82) is 5.26 Å². The number of anilines is 1. The van der Waals surface area contributed by atoms with E-state index in [2.05, 4.69) is 0 Å². The van der Waals surface area contributed by atoms with E-state index in [1.54, 1.807) is 25.3 Å². The Labute approximate surface area is 80.5 Å². The van der Waals surface area contributed by atoms with Gasteiger partial charge in [-0.3, -0.25) is 0 Å². The van der Waals surface area contributed by atoms with Crippen LogP contribution < -0.4 is 10.5 Å². The summed E-state index contributed by atoms with van der Waals surface area (Å²) in [6, 6.07) is 6.98. The van der Waals surface area contributed by atoms with Crippen LogP contribution in [0.5, 0.6) is 5.75 Å². The molecule has 2 N–H and O–H groups in total. The molecule has 2 rings (SSSR count). The summed E-state index contributed by atoms with van der Waals surface area (Å²) >= 11 is 0. The number of hydrogen-bond donors (Lipinski definition) is 1. The molecule has 0 saturated carbocycles. The number of ether oxygens (including phenoxy) is 1. The van der Waals surface area contributed by atoms with Gasteiger partial charge in [-0.25, -0.2) is 0 Å². The Morgan fingerprint density at radius 2 is 2.21 bits per heavy atom. The van der Waals surface area contributed by atoms with Crippen molar-refractivity contribution in [2.45, 2.75) is 0 Å². The number of methoxy groups -OCH3 is 1. The van der Waals surface area contributed by atoms with Crippen LogP contribution in [-0.2, 0) is 0 Å². The maximum Gasteiger partial charge on any atom is 0.204 e. The molecule has 1 heterocycles. The fourth-order valence-corrected chi connectivity index (χ4v) is 1.32. The molecule has 0 aliphatic rings. The van der Waals surface area contributed by atoms with Gasteiger partial charge in [-0.1, -0.05) is 0 Å². The van der Waals surface area contributed by atoms with E-state index in [9.17, 15) is 0 Å². The second-order valence-electron chi connectivity index (χ2n) is 2.86. The summed E-state index contributed by atoms with van der Waals surface area (Å²) in [5.41, 5.74) is 6.72. The predicted octanol–water partition coefficient (Wildman–Crippen LogP) is 1.90. The fraction of sp³-hybridized carbons (Fsp3) is 0.100. The van der Waals surface area contributed by atoms with Gasteiger partial charge in [0.05, 0.1) is 12.8 Å². The monoisotopic (exact) mass is 188 g/mol. The zero-order valence-corrected chi connectivity index (χ0v) is 7.57. The molecular weight excluding hydrogens is 180 g/mol. The Kier molecular flexibility index (Phi) is 1.79. The molecular formula is C10H8N2O2. The third-order valence-corrected chi connectivity index (χ3v) is 1.96. The van der Waals surface area contributed by atoms with Crippen molar-refractivity contribution >= 4 is 16.7 Å². The van der Waals surface area contributed by atoms with Gasteiger partial charge in [-0.15, -0.1) is 0 Å². The first-order chi connectivity index (χ1) is 6.74. The first-order valence-corrected chi connectivity index (χ1v) is 4.01. The van der Waals surface area contributed by atoms with Gasteiger partial charge < -0.3 is 14.9 Å². The van der Waals surface area contributed by atoms with Gasteiger partial charge in [0, 0.05) is 17.5 Å². The number of furan rings is 1. The molecule has 70 valence electrons. The molecule has 0 unspecified atom stereocenters. The average Bonchev–Trinajstić information content (AvgIpc) is 2.61. The van der Waals surface area contributed by atoms with E-state index in [4.69, 9.17) is 20.1 Å². The highest BCUT2D eigenvalue weighted by atomic mass is 16.5. The van der Waals surface area contributed by atoms with Crippen LogP contribution in [0, 0.1) is 11.3 Å². The maximum atomic E-state index is 8.64. The first-order valence-electron chi connectivity index (χ1n) is 4.01. The standard InChI is InChI=1S/C10H8N2O2/c1-13-7-2-6-3-8(5-11)14-10(6)9(12)4-7/h2-4H,12H2,1H3. The number of fused-ring (bicyclic) bond motifs is 1. The van der Waals surface area contributed by atoms with Crippen molar-refractivity contribution in [3.63, 3.8) is 0 Å². The molecule has 0 aliphatic carbocycles. The molecule has 2 aromatic rings. The molecule has 0 saturated heterocycles. The second kappa shape index (κ2) is 2.96.